The van der Waals surface area contributed by atoms with Crippen molar-refractivity contribution < 1.29 is 23.0 Å². The van der Waals surface area contributed by atoms with Crippen molar-refractivity contribution in [2.75, 3.05) is 13.2 Å². The first-order chi connectivity index (χ1) is 10.1. The van der Waals surface area contributed by atoms with Gasteiger partial charge in [0.1, 0.15) is 0 Å². The number of nitrogens with one attached hydrogen (secondary N) is 1. The average Bonchev–Trinajstić information content (AvgIpc) is 2.50. The molecule has 6 heteroatoms. The van der Waals surface area contributed by atoms with Crippen LogP contribution in [0.1, 0.15) is 29.6 Å². The van der Waals surface area contributed by atoms with E-state index >= 15 is 0 Å². The zero-order chi connectivity index (χ0) is 14.8. The minimum absolute atomic E-state index is 0.00255. The fraction of sp³-hybridized carbons (Fsp3) is 0.533. The molecule has 2 aliphatic rings. The van der Waals surface area contributed by atoms with Gasteiger partial charge in [0.05, 0.1) is 25.4 Å². The summed E-state index contributed by atoms with van der Waals surface area (Å²) in [5.74, 6) is -2.37. The van der Waals surface area contributed by atoms with Gasteiger partial charge in [-0.15, -0.1) is 0 Å². The minimum atomic E-state index is -1.02. The van der Waals surface area contributed by atoms with Gasteiger partial charge in [0, 0.05) is 11.6 Å². The maximum Gasteiger partial charge on any atom is 0.251 e. The quantitative estimate of drug-likeness (QED) is 0.908. The number of ether oxygens (including phenoxy) is 2. The van der Waals surface area contributed by atoms with Gasteiger partial charge in [0.15, 0.2) is 11.6 Å². The van der Waals surface area contributed by atoms with Gasteiger partial charge in [-0.1, -0.05) is 0 Å². The number of hydrogen-bond donors (Lipinski definition) is 1. The lowest BCUT2D eigenvalue weighted by atomic mass is 9.89. The zero-order valence-electron chi connectivity index (χ0n) is 11.5. The Morgan fingerprint density at radius 2 is 1.86 bits per heavy atom. The highest BCUT2D eigenvalue weighted by atomic mass is 19.2. The molecule has 1 amide bonds. The number of carbonyl (C=O) groups excluding carboxylic acids is 1. The highest BCUT2D eigenvalue weighted by Gasteiger charge is 2.34. The van der Waals surface area contributed by atoms with E-state index in [-0.39, 0.29) is 23.8 Å². The van der Waals surface area contributed by atoms with Gasteiger partial charge in [-0.2, -0.15) is 0 Å². The first-order valence-electron chi connectivity index (χ1n) is 7.12. The van der Waals surface area contributed by atoms with Crippen LogP contribution in [0.3, 0.4) is 0 Å². The molecule has 1 heterocycles. The molecule has 1 aliphatic heterocycles. The average molecular weight is 297 g/mol. The number of amides is 1. The molecule has 1 aromatic rings. The third-order valence-corrected chi connectivity index (χ3v) is 4.00. The molecule has 1 saturated heterocycles. The van der Waals surface area contributed by atoms with Gasteiger partial charge in [-0.05, 0) is 37.5 Å². The maximum absolute atomic E-state index is 13.1. The van der Waals surface area contributed by atoms with Crippen molar-refractivity contribution in [1.29, 1.82) is 0 Å². The van der Waals surface area contributed by atoms with Crippen LogP contribution < -0.4 is 5.32 Å². The lowest BCUT2D eigenvalue weighted by Gasteiger charge is -2.39. The summed E-state index contributed by atoms with van der Waals surface area (Å²) in [6.45, 7) is 1.19. The van der Waals surface area contributed by atoms with Gasteiger partial charge in [-0.25, -0.2) is 8.78 Å². The number of carbonyl (C=O) groups is 1. The second-order valence-electron chi connectivity index (χ2n) is 5.43. The second kappa shape index (κ2) is 6.07. The molecule has 21 heavy (non-hydrogen) atoms. The predicted octanol–water partition coefficient (Wildman–Crippen LogP) is 2.03. The zero-order valence-corrected chi connectivity index (χ0v) is 11.5. The molecular formula is C15H17F2NO3. The highest BCUT2D eigenvalue weighted by Crippen LogP contribution is 2.27. The van der Waals surface area contributed by atoms with Gasteiger partial charge in [0.25, 0.3) is 5.91 Å². The Morgan fingerprint density at radius 1 is 1.10 bits per heavy atom. The molecule has 1 saturated carbocycles. The number of hydrogen-bond acceptors (Lipinski definition) is 3. The van der Waals surface area contributed by atoms with Crippen LogP contribution in [0.25, 0.3) is 0 Å². The molecule has 0 radical (unpaired) electrons. The van der Waals surface area contributed by atoms with Crippen molar-refractivity contribution in [3.05, 3.63) is 35.4 Å². The Kier molecular flexibility index (Phi) is 4.17. The van der Waals surface area contributed by atoms with E-state index in [2.05, 4.69) is 5.32 Å². The van der Waals surface area contributed by atoms with Gasteiger partial charge >= 0.3 is 0 Å². The summed E-state index contributed by atoms with van der Waals surface area (Å²) in [5, 5.41) is 2.85. The largest absolute Gasteiger partial charge is 0.373 e. The SMILES string of the molecule is O=C(NC1CCC2OCCOC2C1)c1ccc(F)c(F)c1. The lowest BCUT2D eigenvalue weighted by molar-refractivity contribution is -0.157. The summed E-state index contributed by atoms with van der Waals surface area (Å²) in [7, 11) is 0. The first kappa shape index (κ1) is 14.4. The van der Waals surface area contributed by atoms with Crippen LogP contribution in [0.4, 0.5) is 8.78 Å². The highest BCUT2D eigenvalue weighted by molar-refractivity contribution is 5.94. The summed E-state index contributed by atoms with van der Waals surface area (Å²) in [4.78, 5) is 12.1. The van der Waals surface area contributed by atoms with E-state index in [1.54, 1.807) is 0 Å². The number of fused-ring (bicyclic) bond motifs is 1. The molecule has 1 aromatic carbocycles. The molecule has 0 aromatic heterocycles. The number of benzene rings is 1. The van der Waals surface area contributed by atoms with Crippen molar-refractivity contribution in [2.24, 2.45) is 0 Å². The van der Waals surface area contributed by atoms with Crippen molar-refractivity contribution in [2.45, 2.75) is 37.5 Å². The maximum atomic E-state index is 13.1. The molecule has 1 N–H and O–H groups in total. The van der Waals surface area contributed by atoms with E-state index in [1.807, 2.05) is 0 Å². The molecule has 3 unspecified atom stereocenters. The molecule has 114 valence electrons. The van der Waals surface area contributed by atoms with Crippen molar-refractivity contribution >= 4 is 5.91 Å². The molecule has 2 fully saturated rings. The number of rotatable bonds is 2. The first-order valence-corrected chi connectivity index (χ1v) is 7.12. The van der Waals surface area contributed by atoms with E-state index in [1.165, 1.54) is 6.07 Å². The minimum Gasteiger partial charge on any atom is -0.373 e. The predicted molar refractivity (Wildman–Crippen MR) is 70.9 cm³/mol. The van der Waals surface area contributed by atoms with Crippen LogP contribution in [-0.2, 0) is 9.47 Å². The van der Waals surface area contributed by atoms with Crippen LogP contribution in [0, 0.1) is 11.6 Å². The third-order valence-electron chi connectivity index (χ3n) is 4.00. The Morgan fingerprint density at radius 3 is 2.62 bits per heavy atom. The van der Waals surface area contributed by atoms with E-state index in [0.29, 0.717) is 19.6 Å². The fourth-order valence-corrected chi connectivity index (χ4v) is 2.90. The summed E-state index contributed by atoms with van der Waals surface area (Å²) in [5.41, 5.74) is 0.122. The monoisotopic (exact) mass is 297 g/mol. The molecular weight excluding hydrogens is 280 g/mol. The molecule has 0 bridgehead atoms. The molecule has 1 aliphatic carbocycles. The lowest BCUT2D eigenvalue weighted by Crippen LogP contribution is -2.49. The summed E-state index contributed by atoms with van der Waals surface area (Å²) in [6, 6.07) is 3.11. The number of halogens is 2. The van der Waals surface area contributed by atoms with Crippen LogP contribution in [0.5, 0.6) is 0 Å². The van der Waals surface area contributed by atoms with Crippen LogP contribution in [-0.4, -0.2) is 37.4 Å². The molecule has 3 atom stereocenters. The summed E-state index contributed by atoms with van der Waals surface area (Å²) in [6.07, 6.45) is 2.41. The van der Waals surface area contributed by atoms with Crippen LogP contribution in [0.15, 0.2) is 18.2 Å². The second-order valence-corrected chi connectivity index (χ2v) is 5.43. The van der Waals surface area contributed by atoms with Crippen LogP contribution in [0.2, 0.25) is 0 Å². The van der Waals surface area contributed by atoms with E-state index in [0.717, 1.165) is 25.0 Å². The fourth-order valence-electron chi connectivity index (χ4n) is 2.90. The van der Waals surface area contributed by atoms with Gasteiger partial charge < -0.3 is 14.8 Å². The van der Waals surface area contributed by atoms with Gasteiger partial charge in [-0.3, -0.25) is 4.79 Å². The Balaban J connectivity index is 1.61. The molecule has 4 nitrogen and oxygen atoms in total. The van der Waals surface area contributed by atoms with Crippen LogP contribution >= 0.6 is 0 Å². The molecule has 0 spiro atoms. The smallest absolute Gasteiger partial charge is 0.251 e. The summed E-state index contributed by atoms with van der Waals surface area (Å²) < 4.78 is 37.3. The van der Waals surface area contributed by atoms with Crippen molar-refractivity contribution in [1.82, 2.24) is 5.32 Å². The molecule has 3 rings (SSSR count). The Hall–Kier alpha value is -1.53. The van der Waals surface area contributed by atoms with Crippen molar-refractivity contribution in [3.63, 3.8) is 0 Å². The normalized spacial score (nSPS) is 28.8. The standard InChI is InChI=1S/C15H17F2NO3/c16-11-3-1-9(7-12(11)17)15(19)18-10-2-4-13-14(8-10)21-6-5-20-13/h1,3,7,10,13-14H,2,4-6,8H2,(H,18,19). The van der Waals surface area contributed by atoms with Gasteiger partial charge in [0.2, 0.25) is 0 Å². The van der Waals surface area contributed by atoms with E-state index in [9.17, 15) is 13.6 Å². The Labute approximate surface area is 121 Å². The topological polar surface area (TPSA) is 47.6 Å². The Bertz CT molecular complexity index is 538. The van der Waals surface area contributed by atoms with Crippen molar-refractivity contribution in [3.8, 4) is 0 Å². The third kappa shape index (κ3) is 3.22. The summed E-state index contributed by atoms with van der Waals surface area (Å²) >= 11 is 0. The van der Waals surface area contributed by atoms with E-state index in [4.69, 9.17) is 9.47 Å². The van der Waals surface area contributed by atoms with E-state index < -0.39 is 17.5 Å².